The van der Waals surface area contributed by atoms with Gasteiger partial charge in [-0.1, -0.05) is 12.0 Å². The maximum absolute atomic E-state index is 14.1. The van der Waals surface area contributed by atoms with Crippen molar-refractivity contribution in [3.63, 3.8) is 0 Å². The van der Waals surface area contributed by atoms with E-state index in [0.717, 1.165) is 5.69 Å². The average molecular weight is 550 g/mol. The number of halogens is 1. The first-order valence-corrected chi connectivity index (χ1v) is 12.7. The number of amidine groups is 1. The zero-order valence-electron chi connectivity index (χ0n) is 22.2. The molecular formula is C28H32FN7O4. The Morgan fingerprint density at radius 3 is 2.88 bits per heavy atom. The number of aromatic amines is 1. The topological polar surface area (TPSA) is 141 Å². The lowest BCUT2D eigenvalue weighted by molar-refractivity contribution is -0.117. The Morgan fingerprint density at radius 1 is 1.30 bits per heavy atom. The van der Waals surface area contributed by atoms with Crippen LogP contribution in [0.3, 0.4) is 0 Å². The van der Waals surface area contributed by atoms with Crippen molar-refractivity contribution in [1.82, 2.24) is 15.1 Å². The molecule has 1 aliphatic heterocycles. The van der Waals surface area contributed by atoms with E-state index in [9.17, 15) is 14.3 Å². The molecule has 12 heteroatoms. The summed E-state index contributed by atoms with van der Waals surface area (Å²) in [5, 5.41) is 19.5. The summed E-state index contributed by atoms with van der Waals surface area (Å²) < 4.78 is 25.8. The average Bonchev–Trinajstić information content (AvgIpc) is 3.37. The number of aromatic nitrogens is 2. The smallest absolute Gasteiger partial charge is 0.223 e. The van der Waals surface area contributed by atoms with Gasteiger partial charge in [-0.05, 0) is 30.7 Å². The standard InChI is InChI=1S/C28H32FN7O4/c1-3-8-35(10-11-37)9-5-12-40-25-17-23-22(16-24(25)39-2)28(32-27-15-20(33-34-27)14-26(30)38)36(18-31-23)21-7-4-6-19(29)13-21/h1,4,6-7,13,15-17,31,37H,5,8-12,14,18H2,2H3,(H2,30,38)(H,33,34). The highest BCUT2D eigenvalue weighted by Crippen LogP contribution is 2.38. The number of amides is 1. The van der Waals surface area contributed by atoms with Gasteiger partial charge in [-0.15, -0.1) is 6.42 Å². The number of terminal acetylenes is 1. The van der Waals surface area contributed by atoms with Crippen LogP contribution in [0.4, 0.5) is 21.6 Å². The first-order valence-electron chi connectivity index (χ1n) is 12.7. The van der Waals surface area contributed by atoms with Crippen molar-refractivity contribution < 1.29 is 23.8 Å². The molecule has 1 aromatic heterocycles. The van der Waals surface area contributed by atoms with Crippen molar-refractivity contribution >= 4 is 28.9 Å². The molecule has 0 atom stereocenters. The number of nitrogens with zero attached hydrogens (tertiary/aromatic N) is 4. The van der Waals surface area contributed by atoms with Crippen molar-refractivity contribution in [2.75, 3.05) is 56.8 Å². The van der Waals surface area contributed by atoms with Crippen LogP contribution >= 0.6 is 0 Å². The Balaban J connectivity index is 1.63. The molecule has 0 saturated heterocycles. The van der Waals surface area contributed by atoms with Gasteiger partial charge in [0, 0.05) is 42.2 Å². The minimum atomic E-state index is -0.495. The third kappa shape index (κ3) is 7.07. The minimum absolute atomic E-state index is 0.00137. The molecule has 4 rings (SSSR count). The number of ether oxygens (including phenoxy) is 2. The number of carbonyl (C=O) groups excluding carboxylic acids is 1. The van der Waals surface area contributed by atoms with E-state index in [2.05, 4.69) is 21.4 Å². The molecule has 210 valence electrons. The Bertz CT molecular complexity index is 1400. The Hall–Kier alpha value is -4.60. The number of aliphatic imine (C=N–C) groups is 1. The number of carbonyl (C=O) groups is 1. The molecule has 5 N–H and O–H groups in total. The number of primary amides is 1. The number of rotatable bonds is 13. The highest BCUT2D eigenvalue weighted by Gasteiger charge is 2.27. The molecule has 0 saturated carbocycles. The maximum atomic E-state index is 14.1. The van der Waals surface area contributed by atoms with Crippen molar-refractivity contribution in [3.8, 4) is 23.8 Å². The number of fused-ring (bicyclic) bond motifs is 1. The van der Waals surface area contributed by atoms with Crippen LogP contribution in [0, 0.1) is 18.2 Å². The van der Waals surface area contributed by atoms with Gasteiger partial charge in [0.1, 0.15) is 11.7 Å². The zero-order valence-corrected chi connectivity index (χ0v) is 22.2. The van der Waals surface area contributed by atoms with Crippen LogP contribution in [0.5, 0.6) is 11.5 Å². The first-order chi connectivity index (χ1) is 19.4. The summed E-state index contributed by atoms with van der Waals surface area (Å²) in [6.45, 7) is 2.37. The number of H-pyrrole nitrogens is 1. The quantitative estimate of drug-likeness (QED) is 0.188. The summed E-state index contributed by atoms with van der Waals surface area (Å²) in [5.41, 5.74) is 7.84. The predicted molar refractivity (Wildman–Crippen MR) is 151 cm³/mol. The number of nitrogens with two attached hydrogens (primary N) is 1. The van der Waals surface area contributed by atoms with Crippen molar-refractivity contribution in [1.29, 1.82) is 0 Å². The van der Waals surface area contributed by atoms with Gasteiger partial charge in [-0.3, -0.25) is 14.8 Å². The highest BCUT2D eigenvalue weighted by atomic mass is 19.1. The number of methoxy groups -OCH3 is 1. The van der Waals surface area contributed by atoms with Crippen LogP contribution in [0.25, 0.3) is 0 Å². The number of hydrogen-bond donors (Lipinski definition) is 4. The molecular weight excluding hydrogens is 517 g/mol. The number of aliphatic hydroxyl groups excluding tert-OH is 1. The summed E-state index contributed by atoms with van der Waals surface area (Å²) in [6, 6.07) is 11.5. The molecule has 2 heterocycles. The van der Waals surface area contributed by atoms with Crippen LogP contribution in [-0.4, -0.2) is 78.6 Å². The summed E-state index contributed by atoms with van der Waals surface area (Å²) in [7, 11) is 1.55. The number of nitrogens with one attached hydrogen (secondary N) is 2. The maximum Gasteiger partial charge on any atom is 0.223 e. The van der Waals surface area contributed by atoms with E-state index in [1.54, 1.807) is 31.4 Å². The van der Waals surface area contributed by atoms with Crippen LogP contribution in [0.15, 0.2) is 47.5 Å². The largest absolute Gasteiger partial charge is 0.493 e. The van der Waals surface area contributed by atoms with Crippen molar-refractivity contribution in [2.24, 2.45) is 10.7 Å². The zero-order chi connectivity index (χ0) is 28.5. The Kier molecular flexibility index (Phi) is 9.56. The lowest BCUT2D eigenvalue weighted by atomic mass is 10.1. The van der Waals surface area contributed by atoms with Crippen LogP contribution in [0.2, 0.25) is 0 Å². The number of aliphatic hydroxyl groups is 1. The predicted octanol–water partition coefficient (Wildman–Crippen LogP) is 2.25. The second kappa shape index (κ2) is 13.5. The molecule has 0 fully saturated rings. The summed E-state index contributed by atoms with van der Waals surface area (Å²) in [6.07, 6.45) is 6.10. The van der Waals surface area contributed by atoms with E-state index in [-0.39, 0.29) is 18.8 Å². The lowest BCUT2D eigenvalue weighted by Crippen LogP contribution is -2.40. The summed E-state index contributed by atoms with van der Waals surface area (Å²) in [5.74, 6) is 3.58. The van der Waals surface area contributed by atoms with E-state index in [1.807, 2.05) is 15.9 Å². The fourth-order valence-corrected chi connectivity index (χ4v) is 4.33. The van der Waals surface area contributed by atoms with E-state index < -0.39 is 5.91 Å². The van der Waals surface area contributed by atoms with Gasteiger partial charge in [-0.2, -0.15) is 5.10 Å². The van der Waals surface area contributed by atoms with Crippen molar-refractivity contribution in [3.05, 3.63) is 59.5 Å². The van der Waals surface area contributed by atoms with E-state index in [1.165, 1.54) is 12.1 Å². The molecule has 0 radical (unpaired) electrons. The van der Waals surface area contributed by atoms with E-state index >= 15 is 0 Å². The molecule has 2 aromatic carbocycles. The second-order valence-electron chi connectivity index (χ2n) is 9.03. The minimum Gasteiger partial charge on any atom is -0.493 e. The Morgan fingerprint density at radius 2 is 2.15 bits per heavy atom. The highest BCUT2D eigenvalue weighted by molar-refractivity contribution is 6.16. The molecule has 0 spiro atoms. The van der Waals surface area contributed by atoms with Gasteiger partial charge in [0.25, 0.3) is 0 Å². The summed E-state index contributed by atoms with van der Waals surface area (Å²) in [4.78, 5) is 19.9. The molecule has 0 bridgehead atoms. The van der Waals surface area contributed by atoms with Crippen molar-refractivity contribution in [2.45, 2.75) is 12.8 Å². The molecule has 1 amide bonds. The van der Waals surface area contributed by atoms with Crippen LogP contribution < -0.4 is 25.4 Å². The normalized spacial score (nSPS) is 13.6. The molecule has 11 nitrogen and oxygen atoms in total. The van der Waals surface area contributed by atoms with Gasteiger partial charge >= 0.3 is 0 Å². The number of benzene rings is 2. The van der Waals surface area contributed by atoms with Gasteiger partial charge in [0.05, 0.1) is 45.6 Å². The Labute approximate surface area is 231 Å². The van der Waals surface area contributed by atoms with E-state index in [4.69, 9.17) is 26.6 Å². The molecule has 1 aliphatic rings. The molecule has 0 unspecified atom stereocenters. The molecule has 3 aromatic rings. The van der Waals surface area contributed by atoms with Gasteiger partial charge in [-0.25, -0.2) is 9.38 Å². The number of anilines is 2. The van der Waals surface area contributed by atoms with Crippen LogP contribution in [0.1, 0.15) is 17.7 Å². The monoisotopic (exact) mass is 549 g/mol. The first kappa shape index (κ1) is 28.4. The molecule has 40 heavy (non-hydrogen) atoms. The summed E-state index contributed by atoms with van der Waals surface area (Å²) >= 11 is 0. The molecule has 0 aliphatic carbocycles. The SMILES string of the molecule is C#CCN(CCO)CCCOc1cc2c(cc1OC)C(=Nc1cc(CC(N)=O)[nH]n1)N(c1cccc(F)c1)CN2. The van der Waals surface area contributed by atoms with Gasteiger partial charge < -0.3 is 30.5 Å². The van der Waals surface area contributed by atoms with Crippen LogP contribution in [-0.2, 0) is 11.2 Å². The third-order valence-electron chi connectivity index (χ3n) is 6.16. The fraction of sp³-hybridized carbons (Fsp3) is 0.321. The number of hydrogen-bond acceptors (Lipinski definition) is 8. The van der Waals surface area contributed by atoms with E-state index in [0.29, 0.717) is 79.4 Å². The van der Waals surface area contributed by atoms with Gasteiger partial charge in [0.2, 0.25) is 5.91 Å². The second-order valence-corrected chi connectivity index (χ2v) is 9.03. The lowest BCUT2D eigenvalue weighted by Gasteiger charge is -2.33. The van der Waals surface area contributed by atoms with Gasteiger partial charge in [0.15, 0.2) is 17.3 Å². The fourth-order valence-electron chi connectivity index (χ4n) is 4.33. The third-order valence-corrected chi connectivity index (χ3v) is 6.16.